The lowest BCUT2D eigenvalue weighted by Crippen LogP contribution is -2.15. The van der Waals surface area contributed by atoms with E-state index in [0.29, 0.717) is 5.56 Å². The molecule has 28 heavy (non-hydrogen) atoms. The minimum absolute atomic E-state index is 0.142. The quantitative estimate of drug-likeness (QED) is 0.519. The zero-order valence-corrected chi connectivity index (χ0v) is 15.8. The molecule has 1 heterocycles. The highest BCUT2D eigenvalue weighted by Gasteiger charge is 2.19. The van der Waals surface area contributed by atoms with Crippen LogP contribution in [0.2, 0.25) is 0 Å². The van der Waals surface area contributed by atoms with Gasteiger partial charge in [-0.3, -0.25) is 4.79 Å². The van der Waals surface area contributed by atoms with E-state index in [4.69, 9.17) is 9.72 Å². The lowest BCUT2D eigenvalue weighted by Gasteiger charge is -2.15. The highest BCUT2D eigenvalue weighted by molar-refractivity contribution is 6.14. The summed E-state index contributed by atoms with van der Waals surface area (Å²) < 4.78 is 5.25. The Morgan fingerprint density at radius 3 is 2.29 bits per heavy atom. The molecule has 0 saturated carbocycles. The first-order valence-electron chi connectivity index (χ1n) is 9.07. The predicted octanol–water partition coefficient (Wildman–Crippen LogP) is 5.47. The molecule has 0 unspecified atom stereocenters. The average Bonchev–Trinajstić information content (AvgIpc) is 2.74. The van der Waals surface area contributed by atoms with Crippen molar-refractivity contribution in [1.82, 2.24) is 4.98 Å². The highest BCUT2D eigenvalue weighted by Crippen LogP contribution is 2.31. The maximum absolute atomic E-state index is 13.2. The van der Waals surface area contributed by atoms with Gasteiger partial charge < -0.3 is 10.1 Å². The van der Waals surface area contributed by atoms with E-state index >= 15 is 0 Å². The number of methoxy groups -OCH3 is 1. The minimum Gasteiger partial charge on any atom is -0.497 e. The first-order valence-corrected chi connectivity index (χ1v) is 9.07. The Morgan fingerprint density at radius 1 is 0.893 bits per heavy atom. The number of hydrogen-bond donors (Lipinski definition) is 1. The number of carbonyl (C=O) groups is 1. The van der Waals surface area contributed by atoms with Crippen LogP contribution in [0.3, 0.4) is 0 Å². The van der Waals surface area contributed by atoms with Gasteiger partial charge in [-0.1, -0.05) is 36.4 Å². The second-order valence-corrected chi connectivity index (χ2v) is 6.53. The fourth-order valence-corrected chi connectivity index (χ4v) is 3.34. The molecule has 0 bridgehead atoms. The zero-order valence-electron chi connectivity index (χ0n) is 15.8. The summed E-state index contributed by atoms with van der Waals surface area (Å²) in [6.07, 6.45) is 0. The second-order valence-electron chi connectivity index (χ2n) is 6.53. The molecule has 3 aromatic carbocycles. The Kier molecular flexibility index (Phi) is 4.77. The smallest absolute Gasteiger partial charge is 0.256 e. The normalized spacial score (nSPS) is 10.6. The number of para-hydroxylation sites is 2. The van der Waals surface area contributed by atoms with Crippen molar-refractivity contribution in [3.63, 3.8) is 0 Å². The summed E-state index contributed by atoms with van der Waals surface area (Å²) in [7, 11) is 1.64. The maximum Gasteiger partial charge on any atom is 0.256 e. The lowest BCUT2D eigenvalue weighted by atomic mass is 9.97. The lowest BCUT2D eigenvalue weighted by molar-refractivity contribution is 0.102. The Morgan fingerprint density at radius 2 is 1.57 bits per heavy atom. The van der Waals surface area contributed by atoms with Crippen LogP contribution in [-0.2, 0) is 0 Å². The van der Waals surface area contributed by atoms with Crippen LogP contribution in [0.5, 0.6) is 5.75 Å². The fraction of sp³-hybridized carbons (Fsp3) is 0.0833. The molecule has 4 nitrogen and oxygen atoms in total. The van der Waals surface area contributed by atoms with Gasteiger partial charge in [0.05, 0.1) is 23.9 Å². The summed E-state index contributed by atoms with van der Waals surface area (Å²) in [5.74, 6) is 0.640. The van der Waals surface area contributed by atoms with Gasteiger partial charge in [-0.05, 0) is 55.0 Å². The number of pyridine rings is 1. The van der Waals surface area contributed by atoms with Gasteiger partial charge in [-0.25, -0.2) is 4.98 Å². The molecular weight excluding hydrogens is 348 g/mol. The molecule has 4 heteroatoms. The van der Waals surface area contributed by atoms with Crippen LogP contribution < -0.4 is 10.1 Å². The van der Waals surface area contributed by atoms with Gasteiger partial charge in [0.15, 0.2) is 0 Å². The Bertz CT molecular complexity index is 1140. The van der Waals surface area contributed by atoms with Gasteiger partial charge in [0.1, 0.15) is 5.75 Å². The van der Waals surface area contributed by atoms with E-state index in [1.54, 1.807) is 7.11 Å². The van der Waals surface area contributed by atoms with Gasteiger partial charge in [-0.15, -0.1) is 0 Å². The van der Waals surface area contributed by atoms with Crippen molar-refractivity contribution in [2.24, 2.45) is 0 Å². The number of rotatable bonds is 4. The average molecular weight is 368 g/mol. The molecule has 0 aliphatic heterocycles. The Balaban J connectivity index is 1.86. The molecule has 0 saturated heterocycles. The zero-order chi connectivity index (χ0) is 19.5. The van der Waals surface area contributed by atoms with E-state index in [-0.39, 0.29) is 5.91 Å². The van der Waals surface area contributed by atoms with Crippen LogP contribution in [0.25, 0.3) is 22.2 Å². The molecule has 0 fully saturated rings. The summed E-state index contributed by atoms with van der Waals surface area (Å²) in [6.45, 7) is 1.94. The third kappa shape index (κ3) is 3.32. The number of benzene rings is 3. The highest BCUT2D eigenvalue weighted by atomic mass is 16.5. The SMILES string of the molecule is COc1ccc(-c2nc3ccccc3c(C(=O)Nc3ccccc3)c2C)cc1. The minimum atomic E-state index is -0.142. The van der Waals surface area contributed by atoms with Crippen molar-refractivity contribution in [1.29, 1.82) is 0 Å². The van der Waals surface area contributed by atoms with E-state index < -0.39 is 0 Å². The predicted molar refractivity (Wildman–Crippen MR) is 113 cm³/mol. The van der Waals surface area contributed by atoms with Crippen molar-refractivity contribution in [3.05, 3.63) is 90.0 Å². The summed E-state index contributed by atoms with van der Waals surface area (Å²) in [4.78, 5) is 18.0. The van der Waals surface area contributed by atoms with Crippen LogP contribution in [0.1, 0.15) is 15.9 Å². The maximum atomic E-state index is 13.2. The van der Waals surface area contributed by atoms with E-state index in [0.717, 1.165) is 39.2 Å². The summed E-state index contributed by atoms with van der Waals surface area (Å²) in [5, 5.41) is 3.84. The van der Waals surface area contributed by atoms with Gasteiger partial charge in [0, 0.05) is 16.6 Å². The van der Waals surface area contributed by atoms with Gasteiger partial charge in [-0.2, -0.15) is 0 Å². The number of fused-ring (bicyclic) bond motifs is 1. The van der Waals surface area contributed by atoms with Crippen LogP contribution in [-0.4, -0.2) is 18.0 Å². The largest absolute Gasteiger partial charge is 0.497 e. The number of aromatic nitrogens is 1. The van der Waals surface area contributed by atoms with Gasteiger partial charge in [0.25, 0.3) is 5.91 Å². The van der Waals surface area contributed by atoms with Crippen LogP contribution in [0.4, 0.5) is 5.69 Å². The number of ether oxygens (including phenoxy) is 1. The van der Waals surface area contributed by atoms with Crippen LogP contribution >= 0.6 is 0 Å². The molecule has 0 radical (unpaired) electrons. The molecule has 0 aliphatic rings. The molecule has 138 valence electrons. The van der Waals surface area contributed by atoms with Crippen molar-refractivity contribution < 1.29 is 9.53 Å². The van der Waals surface area contributed by atoms with Crippen LogP contribution in [0.15, 0.2) is 78.9 Å². The van der Waals surface area contributed by atoms with E-state index in [1.165, 1.54) is 0 Å². The van der Waals surface area contributed by atoms with Gasteiger partial charge >= 0.3 is 0 Å². The molecule has 1 amide bonds. The number of amides is 1. The fourth-order valence-electron chi connectivity index (χ4n) is 3.34. The topological polar surface area (TPSA) is 51.2 Å². The van der Waals surface area contributed by atoms with Crippen molar-refractivity contribution in [2.45, 2.75) is 6.92 Å². The number of nitrogens with one attached hydrogen (secondary N) is 1. The molecule has 1 aromatic heterocycles. The molecule has 4 rings (SSSR count). The van der Waals surface area contributed by atoms with E-state index in [1.807, 2.05) is 85.8 Å². The summed E-state index contributed by atoms with van der Waals surface area (Å²) >= 11 is 0. The van der Waals surface area contributed by atoms with Gasteiger partial charge in [0.2, 0.25) is 0 Å². The Hall–Kier alpha value is -3.66. The second kappa shape index (κ2) is 7.53. The van der Waals surface area contributed by atoms with Crippen molar-refractivity contribution in [3.8, 4) is 17.0 Å². The number of nitrogens with zero attached hydrogens (tertiary/aromatic N) is 1. The number of hydrogen-bond acceptors (Lipinski definition) is 3. The molecule has 0 aliphatic carbocycles. The molecule has 0 spiro atoms. The third-order valence-corrected chi connectivity index (χ3v) is 4.76. The molecule has 1 N–H and O–H groups in total. The third-order valence-electron chi connectivity index (χ3n) is 4.76. The first-order chi connectivity index (χ1) is 13.7. The molecule has 0 atom stereocenters. The van der Waals surface area contributed by atoms with Crippen molar-refractivity contribution >= 4 is 22.5 Å². The van der Waals surface area contributed by atoms with E-state index in [2.05, 4.69) is 5.32 Å². The first kappa shape index (κ1) is 17.7. The van der Waals surface area contributed by atoms with Crippen molar-refractivity contribution in [2.75, 3.05) is 12.4 Å². The summed E-state index contributed by atoms with van der Waals surface area (Å²) in [6, 6.07) is 24.9. The number of anilines is 1. The Labute approximate surface area is 163 Å². The number of carbonyl (C=O) groups excluding carboxylic acids is 1. The monoisotopic (exact) mass is 368 g/mol. The molecular formula is C24H20N2O2. The standard InChI is InChI=1S/C24H20N2O2/c1-16-22(24(27)25-18-8-4-3-5-9-18)20-10-6-7-11-21(20)26-23(16)17-12-14-19(28-2)15-13-17/h3-15H,1-2H3,(H,25,27). The molecule has 4 aromatic rings. The van der Waals surface area contributed by atoms with E-state index in [9.17, 15) is 4.79 Å². The van der Waals surface area contributed by atoms with Crippen LogP contribution in [0, 0.1) is 6.92 Å². The summed E-state index contributed by atoms with van der Waals surface area (Å²) in [5.41, 5.74) is 4.77.